The molecule has 1 amide bonds. The van der Waals surface area contributed by atoms with E-state index in [1.54, 1.807) is 19.1 Å². The van der Waals surface area contributed by atoms with E-state index in [1.807, 2.05) is 18.4 Å². The summed E-state index contributed by atoms with van der Waals surface area (Å²) in [5, 5.41) is 1.85. The van der Waals surface area contributed by atoms with E-state index >= 15 is 0 Å². The number of amides is 1. The molecule has 0 saturated heterocycles. The highest BCUT2D eigenvalue weighted by Crippen LogP contribution is 2.21. The van der Waals surface area contributed by atoms with Gasteiger partial charge in [0.15, 0.2) is 0 Å². The molecule has 0 spiro atoms. The zero-order valence-electron chi connectivity index (χ0n) is 8.99. The summed E-state index contributed by atoms with van der Waals surface area (Å²) in [6, 6.07) is 1.92. The minimum Gasteiger partial charge on any atom is -0.383 e. The average molecular weight is 292 g/mol. The predicted octanol–water partition coefficient (Wildman–Crippen LogP) is 2.62. The monoisotopic (exact) mass is 291 g/mol. The summed E-state index contributed by atoms with van der Waals surface area (Å²) >= 11 is 4.85. The molecule has 0 aliphatic heterocycles. The molecule has 1 atom stereocenters. The van der Waals surface area contributed by atoms with Gasteiger partial charge in [-0.25, -0.2) is 0 Å². The van der Waals surface area contributed by atoms with Crippen molar-refractivity contribution in [1.82, 2.24) is 4.90 Å². The molecule has 0 saturated carbocycles. The van der Waals surface area contributed by atoms with Gasteiger partial charge in [0.25, 0.3) is 5.91 Å². The van der Waals surface area contributed by atoms with Gasteiger partial charge in [-0.2, -0.15) is 0 Å². The highest BCUT2D eigenvalue weighted by molar-refractivity contribution is 9.11. The first-order valence-electron chi connectivity index (χ1n) is 4.56. The van der Waals surface area contributed by atoms with E-state index in [-0.39, 0.29) is 11.9 Å². The van der Waals surface area contributed by atoms with Crippen LogP contribution >= 0.6 is 27.3 Å². The van der Waals surface area contributed by atoms with Crippen molar-refractivity contribution in [1.29, 1.82) is 0 Å². The number of thiophene rings is 1. The highest BCUT2D eigenvalue weighted by atomic mass is 79.9. The fourth-order valence-corrected chi connectivity index (χ4v) is 2.31. The fourth-order valence-electron chi connectivity index (χ4n) is 1.18. The number of hydrogen-bond donors (Lipinski definition) is 0. The van der Waals surface area contributed by atoms with E-state index in [4.69, 9.17) is 4.74 Å². The van der Waals surface area contributed by atoms with Crippen LogP contribution in [0.3, 0.4) is 0 Å². The summed E-state index contributed by atoms with van der Waals surface area (Å²) in [7, 11) is 3.42. The minimum atomic E-state index is 0.0292. The molecule has 0 aliphatic carbocycles. The van der Waals surface area contributed by atoms with Crippen molar-refractivity contribution in [2.75, 3.05) is 20.8 Å². The third-order valence-corrected chi connectivity index (χ3v) is 3.71. The molecule has 0 aliphatic rings. The van der Waals surface area contributed by atoms with Crippen molar-refractivity contribution in [3.63, 3.8) is 0 Å². The Hall–Kier alpha value is -0.390. The topological polar surface area (TPSA) is 29.5 Å². The van der Waals surface area contributed by atoms with Crippen LogP contribution in [0, 0.1) is 0 Å². The van der Waals surface area contributed by atoms with Crippen LogP contribution in [-0.2, 0) is 4.74 Å². The smallest absolute Gasteiger partial charge is 0.254 e. The van der Waals surface area contributed by atoms with Crippen LogP contribution in [0.1, 0.15) is 17.3 Å². The predicted molar refractivity (Wildman–Crippen MR) is 65.5 cm³/mol. The Labute approximate surface area is 102 Å². The van der Waals surface area contributed by atoms with Gasteiger partial charge in [-0.15, -0.1) is 11.3 Å². The van der Waals surface area contributed by atoms with Gasteiger partial charge in [0.1, 0.15) is 0 Å². The summed E-state index contributed by atoms with van der Waals surface area (Å²) in [4.78, 5) is 13.6. The molecule has 1 unspecified atom stereocenters. The molecule has 1 heterocycles. The lowest BCUT2D eigenvalue weighted by molar-refractivity contribution is 0.0634. The number of methoxy groups -OCH3 is 1. The molecule has 15 heavy (non-hydrogen) atoms. The van der Waals surface area contributed by atoms with E-state index in [2.05, 4.69) is 15.9 Å². The number of carbonyl (C=O) groups is 1. The molecule has 0 aromatic carbocycles. The maximum Gasteiger partial charge on any atom is 0.254 e. The van der Waals surface area contributed by atoms with E-state index in [0.29, 0.717) is 6.61 Å². The molecule has 0 fully saturated rings. The van der Waals surface area contributed by atoms with Crippen LogP contribution in [-0.4, -0.2) is 37.6 Å². The summed E-state index contributed by atoms with van der Waals surface area (Å²) in [5.74, 6) is 0.0292. The van der Waals surface area contributed by atoms with Gasteiger partial charge in [0.05, 0.1) is 22.0 Å². The quantitative estimate of drug-likeness (QED) is 0.853. The number of carbonyl (C=O) groups excluding carboxylic acids is 1. The van der Waals surface area contributed by atoms with Gasteiger partial charge >= 0.3 is 0 Å². The Morgan fingerprint density at radius 2 is 2.40 bits per heavy atom. The zero-order chi connectivity index (χ0) is 11.4. The number of likely N-dealkylation sites (N-methyl/N-ethyl adjacent to an activating group) is 1. The second-order valence-electron chi connectivity index (χ2n) is 3.36. The molecular weight excluding hydrogens is 278 g/mol. The summed E-state index contributed by atoms with van der Waals surface area (Å²) in [6.45, 7) is 2.51. The number of rotatable bonds is 4. The molecule has 84 valence electrons. The van der Waals surface area contributed by atoms with Crippen molar-refractivity contribution < 1.29 is 9.53 Å². The van der Waals surface area contributed by atoms with Gasteiger partial charge < -0.3 is 9.64 Å². The molecule has 1 aromatic rings. The molecule has 0 N–H and O–H groups in total. The van der Waals surface area contributed by atoms with E-state index in [1.165, 1.54) is 11.3 Å². The number of hydrogen-bond acceptors (Lipinski definition) is 3. The first kappa shape index (κ1) is 12.7. The van der Waals surface area contributed by atoms with Gasteiger partial charge in [-0.3, -0.25) is 4.79 Å². The standard InChI is InChI=1S/C10H14BrNO2S/c1-7(5-14-3)12(2)10(13)8-4-9(11)15-6-8/h4,6-7H,5H2,1-3H3. The normalized spacial score (nSPS) is 12.5. The summed E-state index contributed by atoms with van der Waals surface area (Å²) < 4.78 is 5.99. The van der Waals surface area contributed by atoms with Crippen molar-refractivity contribution in [3.05, 3.63) is 20.8 Å². The highest BCUT2D eigenvalue weighted by Gasteiger charge is 2.18. The third kappa shape index (κ3) is 3.29. The molecule has 0 radical (unpaired) electrons. The van der Waals surface area contributed by atoms with Crippen LogP contribution < -0.4 is 0 Å². The number of nitrogens with zero attached hydrogens (tertiary/aromatic N) is 1. The van der Waals surface area contributed by atoms with Crippen molar-refractivity contribution in [2.24, 2.45) is 0 Å². The van der Waals surface area contributed by atoms with Crippen LogP contribution in [0.25, 0.3) is 0 Å². The Balaban J connectivity index is 2.68. The van der Waals surface area contributed by atoms with Crippen molar-refractivity contribution in [3.8, 4) is 0 Å². The average Bonchev–Trinajstić information content (AvgIpc) is 2.63. The Morgan fingerprint density at radius 1 is 1.73 bits per heavy atom. The number of ether oxygens (including phenoxy) is 1. The Kier molecular flexibility index (Phi) is 4.76. The lowest BCUT2D eigenvalue weighted by Crippen LogP contribution is -2.37. The third-order valence-electron chi connectivity index (χ3n) is 2.20. The van der Waals surface area contributed by atoms with Crippen LogP contribution in [0.15, 0.2) is 15.2 Å². The van der Waals surface area contributed by atoms with Crippen molar-refractivity contribution >= 4 is 33.2 Å². The van der Waals surface area contributed by atoms with Gasteiger partial charge in [0, 0.05) is 19.5 Å². The van der Waals surface area contributed by atoms with E-state index in [0.717, 1.165) is 9.35 Å². The fraction of sp³-hybridized carbons (Fsp3) is 0.500. The maximum absolute atomic E-state index is 11.9. The molecule has 1 rings (SSSR count). The largest absolute Gasteiger partial charge is 0.383 e. The Bertz CT molecular complexity index is 340. The number of halogens is 1. The first-order valence-corrected chi connectivity index (χ1v) is 6.23. The summed E-state index contributed by atoms with van der Waals surface area (Å²) in [5.41, 5.74) is 0.720. The zero-order valence-corrected chi connectivity index (χ0v) is 11.4. The molecule has 1 aromatic heterocycles. The Morgan fingerprint density at radius 3 is 2.87 bits per heavy atom. The van der Waals surface area contributed by atoms with E-state index < -0.39 is 0 Å². The van der Waals surface area contributed by atoms with Gasteiger partial charge in [-0.1, -0.05) is 0 Å². The molecule has 0 bridgehead atoms. The molecule has 3 nitrogen and oxygen atoms in total. The summed E-state index contributed by atoms with van der Waals surface area (Å²) in [6.07, 6.45) is 0. The first-order chi connectivity index (χ1) is 7.06. The second kappa shape index (κ2) is 5.63. The van der Waals surface area contributed by atoms with Crippen LogP contribution in [0.2, 0.25) is 0 Å². The minimum absolute atomic E-state index is 0.0292. The van der Waals surface area contributed by atoms with Crippen LogP contribution in [0.4, 0.5) is 0 Å². The van der Waals surface area contributed by atoms with Crippen molar-refractivity contribution in [2.45, 2.75) is 13.0 Å². The molecule has 5 heteroatoms. The maximum atomic E-state index is 11.9. The van der Waals surface area contributed by atoms with Crippen LogP contribution in [0.5, 0.6) is 0 Å². The SMILES string of the molecule is COCC(C)N(C)C(=O)c1csc(Br)c1. The van der Waals surface area contributed by atoms with Gasteiger partial charge in [0.2, 0.25) is 0 Å². The van der Waals surface area contributed by atoms with E-state index in [9.17, 15) is 4.79 Å². The van der Waals surface area contributed by atoms with Gasteiger partial charge in [-0.05, 0) is 28.9 Å². The lowest BCUT2D eigenvalue weighted by Gasteiger charge is -2.23. The second-order valence-corrected chi connectivity index (χ2v) is 5.65. The molecular formula is C10H14BrNO2S. The lowest BCUT2D eigenvalue weighted by atomic mass is 10.2.